The van der Waals surface area contributed by atoms with E-state index in [4.69, 9.17) is 22.1 Å². The van der Waals surface area contributed by atoms with E-state index in [2.05, 4.69) is 10.6 Å². The lowest BCUT2D eigenvalue weighted by Gasteiger charge is -2.26. The molecule has 0 heterocycles. The van der Waals surface area contributed by atoms with Crippen molar-refractivity contribution < 1.29 is 18.7 Å². The van der Waals surface area contributed by atoms with Crippen molar-refractivity contribution in [3.63, 3.8) is 0 Å². The molecule has 7 nitrogen and oxygen atoms in total. The third-order valence-corrected chi connectivity index (χ3v) is 7.31. The minimum absolute atomic E-state index is 0. The lowest BCUT2D eigenvalue weighted by molar-refractivity contribution is 0.0986. The summed E-state index contributed by atoms with van der Waals surface area (Å²) in [5.41, 5.74) is 9.99. The first kappa shape index (κ1) is 34.0. The zero-order valence-corrected chi connectivity index (χ0v) is 26.4. The summed E-state index contributed by atoms with van der Waals surface area (Å²) < 4.78 is 20.2. The highest BCUT2D eigenvalue weighted by Crippen LogP contribution is 2.36. The van der Waals surface area contributed by atoms with Crippen molar-refractivity contribution in [2.24, 2.45) is 5.73 Å². The van der Waals surface area contributed by atoms with Crippen LogP contribution in [0.3, 0.4) is 0 Å². The Labute approximate surface area is 278 Å². The van der Waals surface area contributed by atoms with E-state index in [9.17, 15) is 14.0 Å². The molecule has 0 aliphatic heterocycles. The van der Waals surface area contributed by atoms with E-state index in [0.717, 1.165) is 16.7 Å². The van der Waals surface area contributed by atoms with E-state index in [1.54, 1.807) is 54.6 Å². The fourth-order valence-electron chi connectivity index (χ4n) is 4.74. The Hall–Kier alpha value is -4.89. The molecule has 4 N–H and O–H groups in total. The number of ether oxygens (including phenoxy) is 1. The van der Waals surface area contributed by atoms with Crippen LogP contribution >= 0.6 is 24.0 Å². The summed E-state index contributed by atoms with van der Waals surface area (Å²) in [7, 11) is 0. The van der Waals surface area contributed by atoms with Crippen molar-refractivity contribution in [3.05, 3.63) is 149 Å². The van der Waals surface area contributed by atoms with E-state index in [-0.39, 0.29) is 37.9 Å². The number of nitrogens with two attached hydrogens (primary N) is 1. The summed E-state index contributed by atoms with van der Waals surface area (Å²) in [6.07, 6.45) is 0. The monoisotopic (exact) mass is 658 g/mol. The number of benzene rings is 5. The zero-order chi connectivity index (χ0) is 31.6. The van der Waals surface area contributed by atoms with Crippen LogP contribution in [0.5, 0.6) is 11.5 Å². The van der Waals surface area contributed by atoms with Crippen molar-refractivity contribution in [1.82, 2.24) is 10.6 Å². The molecule has 0 unspecified atom stereocenters. The summed E-state index contributed by atoms with van der Waals surface area (Å²) in [4.78, 5) is 28.2. The van der Waals surface area contributed by atoms with Crippen LogP contribution in [0.25, 0.3) is 11.1 Å². The Balaban J connectivity index is 0.00000480. The number of halogens is 3. The topological polar surface area (TPSA) is 96.7 Å². The van der Waals surface area contributed by atoms with E-state index < -0.39 is 11.8 Å². The highest BCUT2D eigenvalue weighted by atomic mass is 35.5. The van der Waals surface area contributed by atoms with Crippen molar-refractivity contribution in [2.75, 3.05) is 18.0 Å². The van der Waals surface area contributed by atoms with Gasteiger partial charge in [0.15, 0.2) is 5.75 Å². The quantitative estimate of drug-likeness (QED) is 0.134. The maximum atomic E-state index is 14.1. The number of carbonyl (C=O) groups is 2. The molecule has 0 aliphatic rings. The van der Waals surface area contributed by atoms with Gasteiger partial charge in [-0.3, -0.25) is 4.79 Å². The maximum Gasteiger partial charge on any atom is 0.315 e. The molecule has 10 heteroatoms. The summed E-state index contributed by atoms with van der Waals surface area (Å²) in [6, 6.07) is 35.3. The molecule has 0 aliphatic carbocycles. The van der Waals surface area contributed by atoms with Crippen LogP contribution in [-0.4, -0.2) is 25.0 Å². The summed E-state index contributed by atoms with van der Waals surface area (Å²) in [5.74, 6) is 0.188. The van der Waals surface area contributed by atoms with Crippen LogP contribution in [-0.2, 0) is 13.1 Å². The predicted octanol–water partition coefficient (Wildman–Crippen LogP) is 7.97. The number of urea groups is 1. The summed E-state index contributed by atoms with van der Waals surface area (Å²) >= 11 is 6.37. The number of hydrogen-bond acceptors (Lipinski definition) is 4. The molecule has 5 aromatic carbocycles. The molecule has 0 aromatic heterocycles. The number of anilines is 1. The molecule has 236 valence electrons. The molecule has 0 atom stereocenters. The lowest BCUT2D eigenvalue weighted by Crippen LogP contribution is -2.42. The van der Waals surface area contributed by atoms with Gasteiger partial charge in [-0.15, -0.1) is 12.4 Å². The highest BCUT2D eigenvalue weighted by Gasteiger charge is 2.22. The fraction of sp³-hybridized carbons (Fsp3) is 0.111. The van der Waals surface area contributed by atoms with Gasteiger partial charge in [0.05, 0.1) is 5.69 Å². The second-order valence-electron chi connectivity index (χ2n) is 10.2. The Kier molecular flexibility index (Phi) is 12.1. The van der Waals surface area contributed by atoms with Crippen LogP contribution in [0, 0.1) is 5.82 Å². The van der Waals surface area contributed by atoms with Crippen LogP contribution in [0.15, 0.2) is 121 Å². The normalized spacial score (nSPS) is 10.4. The first-order valence-corrected chi connectivity index (χ1v) is 14.8. The van der Waals surface area contributed by atoms with Gasteiger partial charge < -0.3 is 26.0 Å². The van der Waals surface area contributed by atoms with Crippen molar-refractivity contribution >= 4 is 41.6 Å². The molecule has 0 radical (unpaired) electrons. The van der Waals surface area contributed by atoms with Crippen molar-refractivity contribution in [3.8, 4) is 22.6 Å². The number of hydrogen-bond donors (Lipinski definition) is 3. The van der Waals surface area contributed by atoms with Crippen LogP contribution in [0.1, 0.15) is 21.5 Å². The van der Waals surface area contributed by atoms with Crippen LogP contribution < -0.4 is 26.0 Å². The standard InChI is InChI=1S/C36H32ClFN4O3.ClH/c37-30-17-18-33(34(22-30)45-31-11-6-7-25(21-31)23-39)42(20-19-40-36(44)41-24-29-10-4-5-12-32(29)38)35(43)28-15-13-27(14-16-28)26-8-2-1-3-9-26;/h1-18,21-22H,19-20,23-24,39H2,(H2,40,41,44);1H. The lowest BCUT2D eigenvalue weighted by atomic mass is 10.0. The Morgan fingerprint density at radius 2 is 1.52 bits per heavy atom. The van der Waals surface area contributed by atoms with Gasteiger partial charge in [0.25, 0.3) is 5.91 Å². The van der Waals surface area contributed by atoms with Gasteiger partial charge in [0.1, 0.15) is 11.6 Å². The first-order valence-electron chi connectivity index (χ1n) is 14.4. The minimum atomic E-state index is -0.496. The Bertz CT molecular complexity index is 1770. The SMILES string of the molecule is Cl.NCc1cccc(Oc2cc(Cl)ccc2N(CCNC(=O)NCc2ccccc2F)C(=O)c2ccc(-c3ccccc3)cc2)c1. The molecule has 0 saturated heterocycles. The number of carbonyl (C=O) groups excluding carboxylic acids is 2. The largest absolute Gasteiger partial charge is 0.455 e. The second kappa shape index (κ2) is 16.4. The third-order valence-electron chi connectivity index (χ3n) is 7.08. The number of amides is 3. The molecule has 46 heavy (non-hydrogen) atoms. The van der Waals surface area contributed by atoms with E-state index in [1.807, 2.05) is 60.7 Å². The Morgan fingerprint density at radius 1 is 0.804 bits per heavy atom. The maximum absolute atomic E-state index is 14.1. The van der Waals surface area contributed by atoms with E-state index >= 15 is 0 Å². The van der Waals surface area contributed by atoms with E-state index in [1.165, 1.54) is 11.0 Å². The number of nitrogens with zero attached hydrogens (tertiary/aromatic N) is 1. The van der Waals surface area contributed by atoms with Crippen molar-refractivity contribution in [1.29, 1.82) is 0 Å². The van der Waals surface area contributed by atoms with Gasteiger partial charge in [-0.2, -0.15) is 0 Å². The molecule has 0 fully saturated rings. The van der Waals surface area contributed by atoms with Crippen molar-refractivity contribution in [2.45, 2.75) is 13.1 Å². The third kappa shape index (κ3) is 8.85. The van der Waals surface area contributed by atoms with Gasteiger partial charge in [0, 0.05) is 48.4 Å². The second-order valence-corrected chi connectivity index (χ2v) is 10.6. The van der Waals surface area contributed by atoms with Gasteiger partial charge in [-0.05, 0) is 59.2 Å². The molecule has 5 aromatic rings. The number of rotatable bonds is 11. The highest BCUT2D eigenvalue weighted by molar-refractivity contribution is 6.30. The predicted molar refractivity (Wildman–Crippen MR) is 183 cm³/mol. The van der Waals surface area contributed by atoms with Crippen LogP contribution in [0.4, 0.5) is 14.9 Å². The molecule has 0 bridgehead atoms. The van der Waals surface area contributed by atoms with Gasteiger partial charge in [-0.25, -0.2) is 9.18 Å². The minimum Gasteiger partial charge on any atom is -0.455 e. The average molecular weight is 660 g/mol. The van der Waals surface area contributed by atoms with Gasteiger partial charge in [-0.1, -0.05) is 84.4 Å². The fourth-order valence-corrected chi connectivity index (χ4v) is 4.90. The van der Waals surface area contributed by atoms with Gasteiger partial charge >= 0.3 is 6.03 Å². The molecule has 5 rings (SSSR count). The summed E-state index contributed by atoms with van der Waals surface area (Å²) in [5, 5.41) is 5.84. The molecule has 0 saturated carbocycles. The average Bonchev–Trinajstić information content (AvgIpc) is 3.07. The smallest absolute Gasteiger partial charge is 0.315 e. The number of nitrogens with one attached hydrogen (secondary N) is 2. The summed E-state index contributed by atoms with van der Waals surface area (Å²) in [6.45, 7) is 0.564. The van der Waals surface area contributed by atoms with Crippen LogP contribution in [0.2, 0.25) is 5.02 Å². The van der Waals surface area contributed by atoms with Gasteiger partial charge in [0.2, 0.25) is 0 Å². The van der Waals surface area contributed by atoms with E-state index in [0.29, 0.717) is 39.9 Å². The Morgan fingerprint density at radius 3 is 2.26 bits per heavy atom. The molecule has 3 amide bonds. The molecular formula is C36H33Cl2FN4O3. The molecule has 0 spiro atoms. The first-order chi connectivity index (χ1) is 21.9. The zero-order valence-electron chi connectivity index (χ0n) is 24.8. The molecular weight excluding hydrogens is 626 g/mol.